The van der Waals surface area contributed by atoms with Crippen LogP contribution in [-0.4, -0.2) is 23.4 Å². The summed E-state index contributed by atoms with van der Waals surface area (Å²) in [6, 6.07) is 0. The van der Waals surface area contributed by atoms with E-state index < -0.39 is 5.54 Å². The van der Waals surface area contributed by atoms with Crippen molar-refractivity contribution in [2.45, 2.75) is 57.1 Å². The standard InChI is InChI=1S/C12H21N3O2/c1-3-6-10-14-11(15-17-10)12(13)8-5-4-7-9(12)16-2/h9H,3-8,13H2,1-2H3. The highest BCUT2D eigenvalue weighted by Gasteiger charge is 2.43. The molecular weight excluding hydrogens is 218 g/mol. The van der Waals surface area contributed by atoms with Gasteiger partial charge >= 0.3 is 0 Å². The van der Waals surface area contributed by atoms with Crippen LogP contribution in [0.15, 0.2) is 4.52 Å². The molecule has 5 heteroatoms. The van der Waals surface area contributed by atoms with Gasteiger partial charge in [-0.3, -0.25) is 0 Å². The summed E-state index contributed by atoms with van der Waals surface area (Å²) in [5.41, 5.74) is 5.85. The monoisotopic (exact) mass is 239 g/mol. The molecule has 96 valence electrons. The lowest BCUT2D eigenvalue weighted by atomic mass is 9.79. The van der Waals surface area contributed by atoms with E-state index in [4.69, 9.17) is 15.0 Å². The zero-order valence-electron chi connectivity index (χ0n) is 10.6. The lowest BCUT2D eigenvalue weighted by Crippen LogP contribution is -2.51. The summed E-state index contributed by atoms with van der Waals surface area (Å²) in [5.74, 6) is 1.28. The Kier molecular flexibility index (Phi) is 3.79. The van der Waals surface area contributed by atoms with Gasteiger partial charge in [0.1, 0.15) is 5.54 Å². The van der Waals surface area contributed by atoms with Crippen LogP contribution in [0.25, 0.3) is 0 Å². The molecule has 2 atom stereocenters. The zero-order valence-corrected chi connectivity index (χ0v) is 10.6. The molecule has 1 saturated carbocycles. The van der Waals surface area contributed by atoms with E-state index >= 15 is 0 Å². The van der Waals surface area contributed by atoms with Gasteiger partial charge in [-0.2, -0.15) is 4.98 Å². The lowest BCUT2D eigenvalue weighted by Gasteiger charge is -2.37. The molecule has 1 heterocycles. The fraction of sp³-hybridized carbons (Fsp3) is 0.833. The van der Waals surface area contributed by atoms with Crippen molar-refractivity contribution in [3.63, 3.8) is 0 Å². The number of aromatic nitrogens is 2. The number of ether oxygens (including phenoxy) is 1. The predicted octanol–water partition coefficient (Wildman–Crippen LogP) is 1.77. The Morgan fingerprint density at radius 3 is 3.06 bits per heavy atom. The second-order valence-corrected chi connectivity index (χ2v) is 4.77. The largest absolute Gasteiger partial charge is 0.379 e. The van der Waals surface area contributed by atoms with Gasteiger partial charge in [0.2, 0.25) is 5.89 Å². The van der Waals surface area contributed by atoms with Crippen LogP contribution in [0.4, 0.5) is 0 Å². The summed E-state index contributed by atoms with van der Waals surface area (Å²) in [6.45, 7) is 2.08. The molecule has 0 aliphatic heterocycles. The number of methoxy groups -OCH3 is 1. The van der Waals surface area contributed by atoms with E-state index in [1.807, 2.05) is 0 Å². The summed E-state index contributed by atoms with van der Waals surface area (Å²) >= 11 is 0. The van der Waals surface area contributed by atoms with E-state index in [0.29, 0.717) is 11.7 Å². The fourth-order valence-corrected chi connectivity index (χ4v) is 2.51. The third-order valence-corrected chi connectivity index (χ3v) is 3.51. The molecule has 0 spiro atoms. The van der Waals surface area contributed by atoms with Gasteiger partial charge in [0, 0.05) is 13.5 Å². The fourth-order valence-electron chi connectivity index (χ4n) is 2.51. The number of aryl methyl sites for hydroxylation is 1. The first-order chi connectivity index (χ1) is 8.20. The van der Waals surface area contributed by atoms with Gasteiger partial charge < -0.3 is 15.0 Å². The van der Waals surface area contributed by atoms with Crippen LogP contribution in [0.2, 0.25) is 0 Å². The average Bonchev–Trinajstić information content (AvgIpc) is 2.79. The number of hydrogen-bond acceptors (Lipinski definition) is 5. The van der Waals surface area contributed by atoms with Crippen LogP contribution in [0.3, 0.4) is 0 Å². The molecule has 1 aliphatic rings. The SMILES string of the molecule is CCCc1nc(C2(N)CCCCC2OC)no1. The van der Waals surface area contributed by atoms with E-state index in [9.17, 15) is 0 Å². The minimum absolute atomic E-state index is 0.0108. The van der Waals surface area contributed by atoms with Crippen molar-refractivity contribution in [1.29, 1.82) is 0 Å². The molecule has 2 rings (SSSR count). The van der Waals surface area contributed by atoms with E-state index in [2.05, 4.69) is 17.1 Å². The Hall–Kier alpha value is -0.940. The Morgan fingerprint density at radius 2 is 2.35 bits per heavy atom. The van der Waals surface area contributed by atoms with Crippen LogP contribution in [0.5, 0.6) is 0 Å². The van der Waals surface area contributed by atoms with Crippen molar-refractivity contribution >= 4 is 0 Å². The smallest absolute Gasteiger partial charge is 0.226 e. The number of nitrogens with zero attached hydrogens (tertiary/aromatic N) is 2. The molecule has 5 nitrogen and oxygen atoms in total. The topological polar surface area (TPSA) is 74.2 Å². The van der Waals surface area contributed by atoms with E-state index in [1.54, 1.807) is 7.11 Å². The lowest BCUT2D eigenvalue weighted by molar-refractivity contribution is -0.000963. The first kappa shape index (κ1) is 12.5. The molecule has 0 amide bonds. The van der Waals surface area contributed by atoms with Crippen molar-refractivity contribution in [3.8, 4) is 0 Å². The Balaban J connectivity index is 2.21. The zero-order chi connectivity index (χ0) is 12.3. The highest BCUT2D eigenvalue weighted by molar-refractivity contribution is 5.09. The summed E-state index contributed by atoms with van der Waals surface area (Å²) in [6.07, 6.45) is 5.85. The summed E-state index contributed by atoms with van der Waals surface area (Å²) in [7, 11) is 1.70. The first-order valence-corrected chi connectivity index (χ1v) is 6.35. The van der Waals surface area contributed by atoms with Gasteiger partial charge in [-0.15, -0.1) is 0 Å². The summed E-state index contributed by atoms with van der Waals surface area (Å²) in [4.78, 5) is 4.41. The molecule has 0 radical (unpaired) electrons. The highest BCUT2D eigenvalue weighted by atomic mass is 16.5. The molecule has 1 aliphatic carbocycles. The normalized spacial score (nSPS) is 29.5. The highest BCUT2D eigenvalue weighted by Crippen LogP contribution is 2.35. The molecule has 1 aromatic heterocycles. The van der Waals surface area contributed by atoms with Gasteiger partial charge in [0.15, 0.2) is 5.82 Å². The Morgan fingerprint density at radius 1 is 1.53 bits per heavy atom. The number of nitrogens with two attached hydrogens (primary N) is 1. The maximum absolute atomic E-state index is 6.43. The van der Waals surface area contributed by atoms with E-state index in [-0.39, 0.29) is 6.10 Å². The van der Waals surface area contributed by atoms with E-state index in [1.165, 1.54) is 0 Å². The third kappa shape index (κ3) is 2.35. The van der Waals surface area contributed by atoms with Crippen molar-refractivity contribution in [2.24, 2.45) is 5.73 Å². The van der Waals surface area contributed by atoms with E-state index in [0.717, 1.165) is 38.5 Å². The quantitative estimate of drug-likeness (QED) is 0.866. The molecule has 0 saturated heterocycles. The number of hydrogen-bond donors (Lipinski definition) is 1. The Labute approximate surface area is 102 Å². The summed E-state index contributed by atoms with van der Waals surface area (Å²) in [5, 5.41) is 4.04. The maximum atomic E-state index is 6.43. The van der Waals surface area contributed by atoms with Crippen LogP contribution in [-0.2, 0) is 16.7 Å². The average molecular weight is 239 g/mol. The molecule has 0 bridgehead atoms. The van der Waals surface area contributed by atoms with Crippen LogP contribution < -0.4 is 5.73 Å². The molecule has 1 fully saturated rings. The van der Waals surface area contributed by atoms with Crippen molar-refractivity contribution in [2.75, 3.05) is 7.11 Å². The molecule has 0 aromatic carbocycles. The molecule has 2 N–H and O–H groups in total. The van der Waals surface area contributed by atoms with Crippen LogP contribution in [0.1, 0.15) is 50.7 Å². The Bertz CT molecular complexity index is 366. The van der Waals surface area contributed by atoms with Gasteiger partial charge in [0.25, 0.3) is 0 Å². The maximum Gasteiger partial charge on any atom is 0.226 e. The van der Waals surface area contributed by atoms with Gasteiger partial charge in [-0.25, -0.2) is 0 Å². The second kappa shape index (κ2) is 5.14. The number of rotatable bonds is 4. The summed E-state index contributed by atoms with van der Waals surface area (Å²) < 4.78 is 10.7. The van der Waals surface area contributed by atoms with Crippen molar-refractivity contribution in [1.82, 2.24) is 10.1 Å². The molecule has 17 heavy (non-hydrogen) atoms. The van der Waals surface area contributed by atoms with Gasteiger partial charge in [0.05, 0.1) is 6.10 Å². The molecular formula is C12H21N3O2. The molecule has 2 unspecified atom stereocenters. The van der Waals surface area contributed by atoms with Crippen LogP contribution >= 0.6 is 0 Å². The third-order valence-electron chi connectivity index (χ3n) is 3.51. The van der Waals surface area contributed by atoms with Gasteiger partial charge in [-0.1, -0.05) is 24.9 Å². The predicted molar refractivity (Wildman–Crippen MR) is 63.4 cm³/mol. The molecule has 1 aromatic rings. The minimum Gasteiger partial charge on any atom is -0.379 e. The van der Waals surface area contributed by atoms with Crippen molar-refractivity contribution < 1.29 is 9.26 Å². The second-order valence-electron chi connectivity index (χ2n) is 4.77. The van der Waals surface area contributed by atoms with Crippen molar-refractivity contribution in [3.05, 3.63) is 11.7 Å². The first-order valence-electron chi connectivity index (χ1n) is 6.35. The minimum atomic E-state index is -0.581. The van der Waals surface area contributed by atoms with Gasteiger partial charge in [-0.05, 0) is 19.3 Å². The van der Waals surface area contributed by atoms with Crippen LogP contribution in [0, 0.1) is 0 Å².